The Hall–Kier alpha value is -6.75. The lowest BCUT2D eigenvalue weighted by atomic mass is 9.95. The fourth-order valence-corrected chi connectivity index (χ4v) is 8.48. The third-order valence-electron chi connectivity index (χ3n) is 9.96. The molecular formula is C49H31N3S. The fraction of sp³-hybridized carbons (Fsp3) is 0. The van der Waals surface area contributed by atoms with Crippen LogP contribution in [0.2, 0.25) is 0 Å². The van der Waals surface area contributed by atoms with Crippen LogP contribution in [-0.4, -0.2) is 15.0 Å². The van der Waals surface area contributed by atoms with Gasteiger partial charge in [-0.2, -0.15) is 0 Å². The summed E-state index contributed by atoms with van der Waals surface area (Å²) in [6.45, 7) is 0. The molecule has 0 aliphatic carbocycles. The molecule has 0 bridgehead atoms. The van der Waals surface area contributed by atoms with E-state index >= 15 is 0 Å². The van der Waals surface area contributed by atoms with E-state index in [0.29, 0.717) is 17.5 Å². The van der Waals surface area contributed by atoms with Gasteiger partial charge in [0.05, 0.1) is 0 Å². The molecule has 4 heteroatoms. The van der Waals surface area contributed by atoms with Crippen molar-refractivity contribution in [2.24, 2.45) is 0 Å². The van der Waals surface area contributed by atoms with Gasteiger partial charge in [0.1, 0.15) is 0 Å². The van der Waals surface area contributed by atoms with Crippen LogP contribution in [-0.2, 0) is 0 Å². The summed E-state index contributed by atoms with van der Waals surface area (Å²) >= 11 is 1.79. The number of nitrogens with zero attached hydrogens (tertiary/aromatic N) is 3. The van der Waals surface area contributed by atoms with Gasteiger partial charge in [0.15, 0.2) is 17.5 Å². The molecule has 2 heterocycles. The Balaban J connectivity index is 1.15. The monoisotopic (exact) mass is 693 g/mol. The average molecular weight is 694 g/mol. The minimum absolute atomic E-state index is 0.645. The van der Waals surface area contributed by atoms with Crippen molar-refractivity contribution in [3.63, 3.8) is 0 Å². The summed E-state index contributed by atoms with van der Waals surface area (Å²) in [7, 11) is 0. The molecule has 2 aromatic heterocycles. The zero-order valence-corrected chi connectivity index (χ0v) is 29.5. The molecule has 53 heavy (non-hydrogen) atoms. The maximum Gasteiger partial charge on any atom is 0.165 e. The Labute approximate surface area is 311 Å². The Kier molecular flexibility index (Phi) is 7.67. The first-order valence-electron chi connectivity index (χ1n) is 17.8. The molecule has 0 unspecified atom stereocenters. The van der Waals surface area contributed by atoms with E-state index in [1.807, 2.05) is 6.07 Å². The topological polar surface area (TPSA) is 38.7 Å². The first kappa shape index (κ1) is 31.0. The second-order valence-corrected chi connectivity index (χ2v) is 14.3. The van der Waals surface area contributed by atoms with E-state index in [0.717, 1.165) is 44.2 Å². The summed E-state index contributed by atoms with van der Waals surface area (Å²) in [5, 5.41) is 4.69. The standard InChI is InChI=1S/C49H31N3S/c1-3-12-32(13-4-1)34-24-27-36(28-25-34)47-50-48(52-49(51-47)43-22-11-20-41-40-19-7-8-23-45(40)53-46(41)43)42-21-10-16-35-26-29-39(31-44(35)42)38-18-9-17-37(30-38)33-14-5-2-6-15-33/h1-31H. The SMILES string of the molecule is c1ccc(-c2ccc(-c3nc(-c4cccc5ccc(-c6cccc(-c7ccccc7)c6)cc45)nc(-c4cccc5c4sc4ccccc45)n3)cc2)cc1. The number of aromatic nitrogens is 3. The molecule has 0 fully saturated rings. The highest BCUT2D eigenvalue weighted by Gasteiger charge is 2.18. The van der Waals surface area contributed by atoms with E-state index in [4.69, 9.17) is 15.0 Å². The van der Waals surface area contributed by atoms with Crippen LogP contribution in [0.15, 0.2) is 188 Å². The molecule has 248 valence electrons. The van der Waals surface area contributed by atoms with Gasteiger partial charge in [0.25, 0.3) is 0 Å². The molecule has 10 rings (SSSR count). The van der Waals surface area contributed by atoms with Gasteiger partial charge in [-0.3, -0.25) is 0 Å². The fourth-order valence-electron chi connectivity index (χ4n) is 7.27. The highest BCUT2D eigenvalue weighted by Crippen LogP contribution is 2.40. The predicted molar refractivity (Wildman–Crippen MR) is 223 cm³/mol. The molecule has 10 aromatic rings. The highest BCUT2D eigenvalue weighted by atomic mass is 32.1. The first-order valence-corrected chi connectivity index (χ1v) is 18.6. The maximum atomic E-state index is 5.28. The van der Waals surface area contributed by atoms with Crippen LogP contribution in [0.25, 0.3) is 98.5 Å². The Bertz CT molecular complexity index is 2930. The lowest BCUT2D eigenvalue weighted by molar-refractivity contribution is 1.08. The van der Waals surface area contributed by atoms with E-state index < -0.39 is 0 Å². The third kappa shape index (κ3) is 5.76. The number of thiophene rings is 1. The summed E-state index contributed by atoms with van der Waals surface area (Å²) in [6.07, 6.45) is 0. The molecule has 0 amide bonds. The van der Waals surface area contributed by atoms with Crippen molar-refractivity contribution in [1.82, 2.24) is 15.0 Å². The van der Waals surface area contributed by atoms with E-state index in [1.165, 1.54) is 36.9 Å². The molecule has 0 saturated carbocycles. The van der Waals surface area contributed by atoms with Crippen LogP contribution in [0.1, 0.15) is 0 Å². The maximum absolute atomic E-state index is 5.28. The van der Waals surface area contributed by atoms with Crippen LogP contribution >= 0.6 is 11.3 Å². The molecule has 0 radical (unpaired) electrons. The van der Waals surface area contributed by atoms with Gasteiger partial charge in [-0.15, -0.1) is 11.3 Å². The van der Waals surface area contributed by atoms with Gasteiger partial charge in [-0.1, -0.05) is 164 Å². The van der Waals surface area contributed by atoms with Crippen molar-refractivity contribution in [2.45, 2.75) is 0 Å². The number of hydrogen-bond acceptors (Lipinski definition) is 4. The van der Waals surface area contributed by atoms with Crippen LogP contribution in [0.5, 0.6) is 0 Å². The molecule has 8 aromatic carbocycles. The molecule has 0 N–H and O–H groups in total. The summed E-state index contributed by atoms with van der Waals surface area (Å²) in [5.41, 5.74) is 9.94. The number of rotatable bonds is 6. The van der Waals surface area contributed by atoms with Gasteiger partial charge in [0, 0.05) is 36.9 Å². The number of hydrogen-bond donors (Lipinski definition) is 0. The third-order valence-corrected chi connectivity index (χ3v) is 11.2. The van der Waals surface area contributed by atoms with Crippen molar-refractivity contribution < 1.29 is 0 Å². The van der Waals surface area contributed by atoms with Crippen molar-refractivity contribution in [1.29, 1.82) is 0 Å². The van der Waals surface area contributed by atoms with Crippen LogP contribution in [0.4, 0.5) is 0 Å². The number of benzene rings is 8. The van der Waals surface area contributed by atoms with E-state index in [-0.39, 0.29) is 0 Å². The van der Waals surface area contributed by atoms with Gasteiger partial charge in [0.2, 0.25) is 0 Å². The molecule has 0 aliphatic heterocycles. The molecule has 0 saturated heterocycles. The van der Waals surface area contributed by atoms with Gasteiger partial charge in [-0.05, 0) is 68.4 Å². The van der Waals surface area contributed by atoms with Gasteiger partial charge in [-0.25, -0.2) is 15.0 Å². The summed E-state index contributed by atoms with van der Waals surface area (Å²) < 4.78 is 2.42. The molecular weight excluding hydrogens is 663 g/mol. The largest absolute Gasteiger partial charge is 0.208 e. The Morgan fingerprint density at radius 3 is 1.60 bits per heavy atom. The summed E-state index contributed by atoms with van der Waals surface area (Å²) in [6, 6.07) is 66.4. The van der Waals surface area contributed by atoms with Crippen LogP contribution < -0.4 is 0 Å². The zero-order chi connectivity index (χ0) is 35.1. The second kappa shape index (κ2) is 13.1. The lowest BCUT2D eigenvalue weighted by Gasteiger charge is -2.12. The minimum atomic E-state index is 0.645. The minimum Gasteiger partial charge on any atom is -0.208 e. The van der Waals surface area contributed by atoms with E-state index in [2.05, 4.69) is 182 Å². The van der Waals surface area contributed by atoms with Crippen molar-refractivity contribution in [2.75, 3.05) is 0 Å². The van der Waals surface area contributed by atoms with Gasteiger partial charge < -0.3 is 0 Å². The zero-order valence-electron chi connectivity index (χ0n) is 28.6. The van der Waals surface area contributed by atoms with Gasteiger partial charge >= 0.3 is 0 Å². The van der Waals surface area contributed by atoms with Crippen LogP contribution in [0.3, 0.4) is 0 Å². The molecule has 0 spiro atoms. The van der Waals surface area contributed by atoms with Crippen molar-refractivity contribution >= 4 is 42.3 Å². The first-order chi connectivity index (χ1) is 26.2. The normalized spacial score (nSPS) is 11.4. The Morgan fingerprint density at radius 2 is 0.811 bits per heavy atom. The average Bonchev–Trinajstić information content (AvgIpc) is 3.63. The van der Waals surface area contributed by atoms with Crippen molar-refractivity contribution in [3.8, 4) is 67.5 Å². The summed E-state index contributed by atoms with van der Waals surface area (Å²) in [4.78, 5) is 15.7. The van der Waals surface area contributed by atoms with Crippen molar-refractivity contribution in [3.05, 3.63) is 188 Å². The Morgan fingerprint density at radius 1 is 0.302 bits per heavy atom. The predicted octanol–water partition coefficient (Wildman–Crippen LogP) is 13.4. The summed E-state index contributed by atoms with van der Waals surface area (Å²) in [5.74, 6) is 1.96. The van der Waals surface area contributed by atoms with Crippen LogP contribution in [0, 0.1) is 0 Å². The second-order valence-electron chi connectivity index (χ2n) is 13.2. The molecule has 3 nitrogen and oxygen atoms in total. The molecule has 0 aliphatic rings. The lowest BCUT2D eigenvalue weighted by Crippen LogP contribution is -2.00. The quantitative estimate of drug-likeness (QED) is 0.174. The molecule has 0 atom stereocenters. The number of fused-ring (bicyclic) bond motifs is 4. The van der Waals surface area contributed by atoms with E-state index in [1.54, 1.807) is 11.3 Å². The highest BCUT2D eigenvalue weighted by molar-refractivity contribution is 7.26. The van der Waals surface area contributed by atoms with E-state index in [9.17, 15) is 0 Å². The smallest absolute Gasteiger partial charge is 0.165 e.